The van der Waals surface area contributed by atoms with Crippen molar-refractivity contribution >= 4 is 22.7 Å². The van der Waals surface area contributed by atoms with Crippen LogP contribution in [-0.4, -0.2) is 48.7 Å². The number of nitrogens with zero attached hydrogens (tertiary/aromatic N) is 6. The number of allylic oxidation sites excluding steroid dienone is 1. The molecule has 3 aromatic heterocycles. The van der Waals surface area contributed by atoms with Crippen molar-refractivity contribution in [1.29, 1.82) is 0 Å². The summed E-state index contributed by atoms with van der Waals surface area (Å²) in [5, 5.41) is 3.59. The molecule has 5 rings (SSSR count). The Hall–Kier alpha value is -3.92. The molecular weight excluding hydrogens is 488 g/mol. The van der Waals surface area contributed by atoms with E-state index < -0.39 is 6.43 Å². The SMILES string of the molecule is C=CCn1c(=O)c2cnc(Nc3ccc4c(c3)CN(CC(F)F)CC4)nc2n1-c1cccc(C(C)(C)C)n1. The van der Waals surface area contributed by atoms with E-state index in [9.17, 15) is 13.6 Å². The molecule has 1 N–H and O–H groups in total. The molecule has 10 heteroatoms. The number of aromatic nitrogens is 5. The van der Waals surface area contributed by atoms with Crippen molar-refractivity contribution in [1.82, 2.24) is 29.2 Å². The minimum absolute atomic E-state index is 0.179. The van der Waals surface area contributed by atoms with E-state index in [0.717, 1.165) is 28.9 Å². The number of alkyl halides is 2. The molecule has 4 aromatic rings. The Morgan fingerprint density at radius 3 is 2.71 bits per heavy atom. The van der Waals surface area contributed by atoms with Gasteiger partial charge < -0.3 is 5.32 Å². The van der Waals surface area contributed by atoms with Crippen molar-refractivity contribution in [2.75, 3.05) is 18.4 Å². The summed E-state index contributed by atoms with van der Waals surface area (Å²) in [6.45, 7) is 11.2. The Morgan fingerprint density at radius 2 is 1.97 bits per heavy atom. The van der Waals surface area contributed by atoms with E-state index >= 15 is 0 Å². The van der Waals surface area contributed by atoms with Gasteiger partial charge in [0, 0.05) is 36.1 Å². The van der Waals surface area contributed by atoms with Gasteiger partial charge in [0.2, 0.25) is 5.95 Å². The van der Waals surface area contributed by atoms with Crippen LogP contribution in [0.4, 0.5) is 20.4 Å². The van der Waals surface area contributed by atoms with Crippen LogP contribution in [0.15, 0.2) is 60.0 Å². The molecule has 0 saturated heterocycles. The van der Waals surface area contributed by atoms with Crippen LogP contribution in [0.5, 0.6) is 0 Å². The minimum atomic E-state index is -2.36. The van der Waals surface area contributed by atoms with Gasteiger partial charge >= 0.3 is 0 Å². The van der Waals surface area contributed by atoms with Crippen LogP contribution in [0.1, 0.15) is 37.6 Å². The second kappa shape index (κ2) is 10.1. The van der Waals surface area contributed by atoms with E-state index in [1.165, 1.54) is 6.20 Å². The van der Waals surface area contributed by atoms with Gasteiger partial charge in [0.1, 0.15) is 5.39 Å². The van der Waals surface area contributed by atoms with Gasteiger partial charge in [-0.1, -0.05) is 39.0 Å². The van der Waals surface area contributed by atoms with Crippen LogP contribution in [0.2, 0.25) is 0 Å². The molecular formula is C28H31F2N7O. The predicted octanol–water partition coefficient (Wildman–Crippen LogP) is 4.83. The van der Waals surface area contributed by atoms with Crippen molar-refractivity contribution in [3.8, 4) is 5.82 Å². The molecule has 0 spiro atoms. The van der Waals surface area contributed by atoms with Crippen molar-refractivity contribution in [3.63, 3.8) is 0 Å². The van der Waals surface area contributed by atoms with Crippen molar-refractivity contribution in [2.45, 2.75) is 52.1 Å². The highest BCUT2D eigenvalue weighted by Gasteiger charge is 2.22. The molecule has 1 aromatic carbocycles. The maximum Gasteiger partial charge on any atom is 0.278 e. The van der Waals surface area contributed by atoms with Gasteiger partial charge in [0.25, 0.3) is 12.0 Å². The number of benzene rings is 1. The number of pyridine rings is 1. The zero-order valence-electron chi connectivity index (χ0n) is 21.8. The van der Waals surface area contributed by atoms with Gasteiger partial charge in [-0.25, -0.2) is 28.1 Å². The molecule has 0 amide bonds. The Morgan fingerprint density at radius 1 is 1.16 bits per heavy atom. The lowest BCUT2D eigenvalue weighted by Gasteiger charge is -2.28. The normalized spacial score (nSPS) is 14.2. The first-order valence-corrected chi connectivity index (χ1v) is 12.6. The van der Waals surface area contributed by atoms with E-state index in [1.54, 1.807) is 20.3 Å². The summed E-state index contributed by atoms with van der Waals surface area (Å²) in [5.41, 5.74) is 3.79. The van der Waals surface area contributed by atoms with Crippen LogP contribution >= 0.6 is 0 Å². The molecule has 0 atom stereocenters. The van der Waals surface area contributed by atoms with Crippen LogP contribution in [0.3, 0.4) is 0 Å². The zero-order chi connectivity index (χ0) is 27.0. The second-order valence-electron chi connectivity index (χ2n) is 10.5. The summed E-state index contributed by atoms with van der Waals surface area (Å²) in [6, 6.07) is 11.6. The quantitative estimate of drug-likeness (QED) is 0.353. The fourth-order valence-electron chi connectivity index (χ4n) is 4.74. The molecule has 1 aliphatic heterocycles. The van der Waals surface area contributed by atoms with Crippen molar-refractivity contribution in [3.05, 3.63) is 82.4 Å². The molecule has 4 heterocycles. The summed E-state index contributed by atoms with van der Waals surface area (Å²) in [5.74, 6) is 0.887. The highest BCUT2D eigenvalue weighted by Crippen LogP contribution is 2.26. The lowest BCUT2D eigenvalue weighted by atomic mass is 9.92. The van der Waals surface area contributed by atoms with Gasteiger partial charge in [-0.2, -0.15) is 4.98 Å². The summed E-state index contributed by atoms with van der Waals surface area (Å²) < 4.78 is 29.0. The Bertz CT molecular complexity index is 1550. The van der Waals surface area contributed by atoms with Gasteiger partial charge in [0.05, 0.1) is 13.1 Å². The highest BCUT2D eigenvalue weighted by molar-refractivity contribution is 5.77. The first-order valence-electron chi connectivity index (χ1n) is 12.6. The molecule has 198 valence electrons. The number of hydrogen-bond donors (Lipinski definition) is 1. The largest absolute Gasteiger partial charge is 0.324 e. The number of hydrogen-bond acceptors (Lipinski definition) is 6. The summed E-state index contributed by atoms with van der Waals surface area (Å²) in [6.07, 6.45) is 1.54. The standard InChI is InChI=1S/C28H31F2N7O/c1-5-12-36-26(38)21-15-31-27(34-25(21)37(36)24-8-6-7-22(33-24)28(2,3)4)32-20-10-9-18-11-13-35(17-23(29)30)16-19(18)14-20/h5-10,14-15,23H,1,11-13,16-17H2,2-4H3,(H,31,32,34). The smallest absolute Gasteiger partial charge is 0.278 e. The fourth-order valence-corrected chi connectivity index (χ4v) is 4.74. The first kappa shape index (κ1) is 25.7. The number of nitrogens with one attached hydrogen (secondary N) is 1. The predicted molar refractivity (Wildman–Crippen MR) is 145 cm³/mol. The molecule has 8 nitrogen and oxygen atoms in total. The number of fused-ring (bicyclic) bond motifs is 2. The van der Waals surface area contributed by atoms with Gasteiger partial charge in [-0.3, -0.25) is 9.69 Å². The molecule has 0 fully saturated rings. The summed E-state index contributed by atoms with van der Waals surface area (Å²) in [7, 11) is 0. The van der Waals surface area contributed by atoms with Gasteiger partial charge in [0.15, 0.2) is 11.5 Å². The second-order valence-corrected chi connectivity index (χ2v) is 10.5. The molecule has 0 aliphatic carbocycles. The zero-order valence-corrected chi connectivity index (χ0v) is 21.8. The van der Waals surface area contributed by atoms with Gasteiger partial charge in [-0.05, 0) is 41.8 Å². The fraction of sp³-hybridized carbons (Fsp3) is 0.357. The Kier molecular flexibility index (Phi) is 6.83. The maximum atomic E-state index is 13.2. The Labute approximate surface area is 219 Å². The summed E-state index contributed by atoms with van der Waals surface area (Å²) >= 11 is 0. The third kappa shape index (κ3) is 5.08. The number of anilines is 2. The molecule has 38 heavy (non-hydrogen) atoms. The lowest BCUT2D eigenvalue weighted by molar-refractivity contribution is 0.0821. The third-order valence-electron chi connectivity index (χ3n) is 6.65. The average molecular weight is 520 g/mol. The van der Waals surface area contributed by atoms with E-state index in [-0.39, 0.29) is 24.1 Å². The van der Waals surface area contributed by atoms with Crippen molar-refractivity contribution < 1.29 is 8.78 Å². The monoisotopic (exact) mass is 519 g/mol. The third-order valence-corrected chi connectivity index (χ3v) is 6.65. The topological polar surface area (TPSA) is 80.9 Å². The maximum absolute atomic E-state index is 13.2. The Balaban J connectivity index is 1.53. The van der Waals surface area contributed by atoms with E-state index in [4.69, 9.17) is 9.97 Å². The van der Waals surface area contributed by atoms with Crippen LogP contribution in [0.25, 0.3) is 16.9 Å². The van der Waals surface area contributed by atoms with E-state index in [2.05, 4.69) is 37.7 Å². The van der Waals surface area contributed by atoms with Crippen molar-refractivity contribution in [2.24, 2.45) is 0 Å². The molecule has 0 saturated carbocycles. The van der Waals surface area contributed by atoms with Gasteiger partial charge in [-0.15, -0.1) is 6.58 Å². The first-order chi connectivity index (χ1) is 18.1. The highest BCUT2D eigenvalue weighted by atomic mass is 19.3. The lowest BCUT2D eigenvalue weighted by Crippen LogP contribution is -2.34. The molecule has 0 unspecified atom stereocenters. The van der Waals surface area contributed by atoms with Crippen LogP contribution in [0, 0.1) is 0 Å². The summed E-state index contributed by atoms with van der Waals surface area (Å²) in [4.78, 5) is 28.9. The van der Waals surface area contributed by atoms with E-state index in [1.807, 2.05) is 36.4 Å². The molecule has 0 radical (unpaired) electrons. The van der Waals surface area contributed by atoms with Crippen LogP contribution < -0.4 is 10.9 Å². The number of halogens is 2. The van der Waals surface area contributed by atoms with Crippen LogP contribution in [-0.2, 0) is 24.9 Å². The molecule has 1 aliphatic rings. The number of rotatable bonds is 7. The van der Waals surface area contributed by atoms with E-state index in [0.29, 0.717) is 35.9 Å². The minimum Gasteiger partial charge on any atom is -0.324 e. The molecule has 0 bridgehead atoms. The average Bonchev–Trinajstić information content (AvgIpc) is 3.14.